The van der Waals surface area contributed by atoms with Crippen molar-refractivity contribution in [3.63, 3.8) is 0 Å². The fourth-order valence-corrected chi connectivity index (χ4v) is 3.51. The molecule has 1 aliphatic heterocycles. The van der Waals surface area contributed by atoms with Crippen LogP contribution in [0.5, 0.6) is 0 Å². The number of nitrogen functional groups attached to an aromatic ring is 1. The lowest BCUT2D eigenvalue weighted by Crippen LogP contribution is -2.50. The summed E-state index contributed by atoms with van der Waals surface area (Å²) in [6.45, 7) is 1.95. The molecule has 0 saturated carbocycles. The fraction of sp³-hybridized carbons (Fsp3) is 0.417. The van der Waals surface area contributed by atoms with Crippen molar-refractivity contribution < 1.29 is 17.6 Å². The molecular weight excluding hydrogens is 285 g/mol. The van der Waals surface area contributed by atoms with Gasteiger partial charge in [0.05, 0.1) is 0 Å². The third kappa shape index (κ3) is 2.91. The van der Waals surface area contributed by atoms with Crippen LogP contribution < -0.4 is 15.8 Å². The molecule has 20 heavy (non-hydrogen) atoms. The average molecular weight is 301 g/mol. The molecule has 0 radical (unpaired) electrons. The predicted octanol–water partition coefficient (Wildman–Crippen LogP) is 0.273. The molecule has 1 aliphatic rings. The summed E-state index contributed by atoms with van der Waals surface area (Å²) in [6, 6.07) is 1.52. The minimum absolute atomic E-state index is 0.137. The Morgan fingerprint density at radius 1 is 1.45 bits per heavy atom. The van der Waals surface area contributed by atoms with E-state index in [2.05, 4.69) is 10.0 Å². The SMILES string of the molecule is Cc1cc(N)cc(S(=O)(=O)NC2CCCNC2=O)c1F. The first-order chi connectivity index (χ1) is 9.31. The fourth-order valence-electron chi connectivity index (χ4n) is 2.09. The third-order valence-corrected chi connectivity index (χ3v) is 4.59. The molecule has 8 heteroatoms. The van der Waals surface area contributed by atoms with Gasteiger partial charge in [0.1, 0.15) is 16.8 Å². The molecule has 4 N–H and O–H groups in total. The van der Waals surface area contributed by atoms with Crippen LogP contribution in [0.4, 0.5) is 10.1 Å². The van der Waals surface area contributed by atoms with Crippen LogP contribution in [0.25, 0.3) is 0 Å². The zero-order chi connectivity index (χ0) is 14.9. The van der Waals surface area contributed by atoms with Crippen LogP contribution in [-0.4, -0.2) is 26.9 Å². The maximum absolute atomic E-state index is 14.0. The van der Waals surface area contributed by atoms with Gasteiger partial charge in [0.15, 0.2) is 0 Å². The van der Waals surface area contributed by atoms with E-state index >= 15 is 0 Å². The quantitative estimate of drug-likeness (QED) is 0.698. The summed E-state index contributed by atoms with van der Waals surface area (Å²) in [7, 11) is -4.13. The maximum atomic E-state index is 14.0. The number of sulfonamides is 1. The number of anilines is 1. The third-order valence-electron chi connectivity index (χ3n) is 3.12. The molecule has 0 spiro atoms. The maximum Gasteiger partial charge on any atom is 0.244 e. The summed E-state index contributed by atoms with van der Waals surface area (Å²) in [5.74, 6) is -1.26. The first kappa shape index (κ1) is 14.7. The molecule has 110 valence electrons. The number of hydrogen-bond acceptors (Lipinski definition) is 4. The van der Waals surface area contributed by atoms with Crippen molar-refractivity contribution in [3.8, 4) is 0 Å². The number of piperidine rings is 1. The minimum Gasteiger partial charge on any atom is -0.399 e. The molecule has 1 atom stereocenters. The van der Waals surface area contributed by atoms with E-state index in [1.807, 2.05) is 0 Å². The van der Waals surface area contributed by atoms with E-state index in [1.54, 1.807) is 0 Å². The van der Waals surface area contributed by atoms with E-state index in [0.717, 1.165) is 6.07 Å². The molecule has 0 bridgehead atoms. The molecule has 1 aromatic rings. The first-order valence-corrected chi connectivity index (χ1v) is 7.65. The molecular formula is C12H16FN3O3S. The van der Waals surface area contributed by atoms with Crippen molar-refractivity contribution in [3.05, 3.63) is 23.5 Å². The Morgan fingerprint density at radius 3 is 2.80 bits per heavy atom. The second kappa shape index (κ2) is 5.37. The highest BCUT2D eigenvalue weighted by Gasteiger charge is 2.29. The number of halogens is 1. The summed E-state index contributed by atoms with van der Waals surface area (Å²) < 4.78 is 40.5. The molecule has 6 nitrogen and oxygen atoms in total. The van der Waals surface area contributed by atoms with E-state index in [1.165, 1.54) is 13.0 Å². The van der Waals surface area contributed by atoms with Gasteiger partial charge in [0, 0.05) is 12.2 Å². The van der Waals surface area contributed by atoms with Crippen molar-refractivity contribution in [1.82, 2.24) is 10.0 Å². The molecule has 1 saturated heterocycles. The van der Waals surface area contributed by atoms with E-state index in [4.69, 9.17) is 5.73 Å². The summed E-state index contributed by atoms with van der Waals surface area (Å²) in [5, 5.41) is 2.56. The summed E-state index contributed by atoms with van der Waals surface area (Å²) in [5.41, 5.74) is 5.84. The summed E-state index contributed by atoms with van der Waals surface area (Å²) >= 11 is 0. The van der Waals surface area contributed by atoms with Crippen LogP contribution in [0, 0.1) is 12.7 Å². The Morgan fingerprint density at radius 2 is 2.15 bits per heavy atom. The Balaban J connectivity index is 2.33. The number of benzene rings is 1. The van der Waals surface area contributed by atoms with E-state index in [0.29, 0.717) is 19.4 Å². The minimum atomic E-state index is -4.13. The Hall–Kier alpha value is -1.67. The van der Waals surface area contributed by atoms with Gasteiger partial charge in [0.2, 0.25) is 15.9 Å². The van der Waals surface area contributed by atoms with Gasteiger partial charge in [-0.2, -0.15) is 4.72 Å². The normalized spacial score (nSPS) is 19.7. The second-order valence-electron chi connectivity index (χ2n) is 4.76. The lowest BCUT2D eigenvalue weighted by Gasteiger charge is -2.22. The van der Waals surface area contributed by atoms with Crippen molar-refractivity contribution >= 4 is 21.6 Å². The van der Waals surface area contributed by atoms with Crippen LogP contribution in [0.15, 0.2) is 17.0 Å². The monoisotopic (exact) mass is 301 g/mol. The van der Waals surface area contributed by atoms with Gasteiger partial charge in [-0.3, -0.25) is 4.79 Å². The highest BCUT2D eigenvalue weighted by Crippen LogP contribution is 2.22. The Labute approximate surface area is 116 Å². The van der Waals surface area contributed by atoms with Crippen molar-refractivity contribution in [2.24, 2.45) is 0 Å². The molecule has 0 aromatic heterocycles. The first-order valence-electron chi connectivity index (χ1n) is 6.17. The van der Waals surface area contributed by atoms with Gasteiger partial charge >= 0.3 is 0 Å². The van der Waals surface area contributed by atoms with Crippen LogP contribution >= 0.6 is 0 Å². The molecule has 1 fully saturated rings. The standard InChI is InChI=1S/C12H16FN3O3S/c1-7-5-8(14)6-10(11(7)13)20(18,19)16-9-3-2-4-15-12(9)17/h5-6,9,16H,2-4,14H2,1H3,(H,15,17). The molecule has 1 unspecified atom stereocenters. The molecule has 2 rings (SSSR count). The lowest BCUT2D eigenvalue weighted by molar-refractivity contribution is -0.124. The second-order valence-corrected chi connectivity index (χ2v) is 6.44. The zero-order valence-corrected chi connectivity index (χ0v) is 11.8. The number of nitrogens with one attached hydrogen (secondary N) is 2. The number of carbonyl (C=O) groups is 1. The van der Waals surface area contributed by atoms with Crippen LogP contribution in [0.2, 0.25) is 0 Å². The van der Waals surface area contributed by atoms with Gasteiger partial charge < -0.3 is 11.1 Å². The van der Waals surface area contributed by atoms with Crippen LogP contribution in [-0.2, 0) is 14.8 Å². The molecule has 1 heterocycles. The number of nitrogens with two attached hydrogens (primary N) is 1. The highest BCUT2D eigenvalue weighted by molar-refractivity contribution is 7.89. The number of rotatable bonds is 3. The number of hydrogen-bond donors (Lipinski definition) is 3. The average Bonchev–Trinajstić information content (AvgIpc) is 2.36. The highest BCUT2D eigenvalue weighted by atomic mass is 32.2. The predicted molar refractivity (Wildman–Crippen MR) is 71.9 cm³/mol. The smallest absolute Gasteiger partial charge is 0.244 e. The van der Waals surface area contributed by atoms with E-state index in [-0.39, 0.29) is 11.3 Å². The van der Waals surface area contributed by atoms with Crippen molar-refractivity contribution in [2.45, 2.75) is 30.7 Å². The van der Waals surface area contributed by atoms with Gasteiger partial charge in [-0.1, -0.05) is 0 Å². The van der Waals surface area contributed by atoms with Crippen molar-refractivity contribution in [1.29, 1.82) is 0 Å². The van der Waals surface area contributed by atoms with Crippen LogP contribution in [0.1, 0.15) is 18.4 Å². The van der Waals surface area contributed by atoms with E-state index in [9.17, 15) is 17.6 Å². The van der Waals surface area contributed by atoms with Gasteiger partial charge in [0.25, 0.3) is 0 Å². The largest absolute Gasteiger partial charge is 0.399 e. The number of amides is 1. The van der Waals surface area contributed by atoms with Gasteiger partial charge in [-0.25, -0.2) is 12.8 Å². The number of carbonyl (C=O) groups excluding carboxylic acids is 1. The Bertz CT molecular complexity index is 646. The molecule has 1 aromatic carbocycles. The summed E-state index contributed by atoms with van der Waals surface area (Å²) in [6.07, 6.45) is 1.05. The topological polar surface area (TPSA) is 101 Å². The zero-order valence-electron chi connectivity index (χ0n) is 10.9. The lowest BCUT2D eigenvalue weighted by atomic mass is 10.1. The van der Waals surface area contributed by atoms with E-state index < -0.39 is 32.7 Å². The number of aryl methyl sites for hydroxylation is 1. The summed E-state index contributed by atoms with van der Waals surface area (Å²) in [4.78, 5) is 11.0. The molecule has 1 amide bonds. The van der Waals surface area contributed by atoms with Crippen LogP contribution in [0.3, 0.4) is 0 Å². The Kier molecular flexibility index (Phi) is 3.96. The molecule has 0 aliphatic carbocycles. The van der Waals surface area contributed by atoms with Gasteiger partial charge in [-0.15, -0.1) is 0 Å². The van der Waals surface area contributed by atoms with Gasteiger partial charge in [-0.05, 0) is 37.5 Å². The van der Waals surface area contributed by atoms with Crippen molar-refractivity contribution in [2.75, 3.05) is 12.3 Å².